The summed E-state index contributed by atoms with van der Waals surface area (Å²) in [6.07, 6.45) is 2.64. The number of rotatable bonds is 4. The van der Waals surface area contributed by atoms with Crippen LogP contribution >= 0.6 is 0 Å². The van der Waals surface area contributed by atoms with E-state index in [-0.39, 0.29) is 0 Å². The normalized spacial score (nSPS) is 12.2. The van der Waals surface area contributed by atoms with Crippen molar-refractivity contribution in [3.8, 4) is 11.8 Å². The quantitative estimate of drug-likeness (QED) is 0.589. The Labute approximate surface area is 145 Å². The Balaban J connectivity index is 1.70. The van der Waals surface area contributed by atoms with E-state index in [0.29, 0.717) is 11.8 Å². The number of benzene rings is 2. The zero-order valence-electron chi connectivity index (χ0n) is 13.7. The molecule has 0 aliphatic carbocycles. The molecule has 0 spiro atoms. The van der Waals surface area contributed by atoms with Crippen LogP contribution in [0.1, 0.15) is 22.8 Å². The van der Waals surface area contributed by atoms with Crippen molar-refractivity contribution in [1.82, 2.24) is 15.0 Å². The highest BCUT2D eigenvalue weighted by atomic mass is 16.5. The third kappa shape index (κ3) is 2.97. The third-order valence-electron chi connectivity index (χ3n) is 4.20. The number of nitrogens with one attached hydrogen (secondary N) is 1. The number of pyridine rings is 1. The maximum atomic E-state index is 10.7. The van der Waals surface area contributed by atoms with Gasteiger partial charge >= 0.3 is 0 Å². The minimum Gasteiger partial charge on any atom is -0.426 e. The van der Waals surface area contributed by atoms with Gasteiger partial charge in [0.15, 0.2) is 0 Å². The largest absolute Gasteiger partial charge is 0.426 e. The highest BCUT2D eigenvalue weighted by Crippen LogP contribution is 2.30. The van der Waals surface area contributed by atoms with Crippen LogP contribution in [0.5, 0.6) is 11.8 Å². The summed E-state index contributed by atoms with van der Waals surface area (Å²) in [5.41, 5.74) is 4.27. The molecule has 124 valence electrons. The Kier molecular flexibility index (Phi) is 3.91. The standard InChI is InChI=1S/C20H17N3O2/c1-13-16(19(24)14-5-3-2-4-6-14)7-8-17-18(13)23-20(22-17)25-15-9-11-21-12-10-15/h2-12,19,24H,1H3,(H,22,23). The lowest BCUT2D eigenvalue weighted by atomic mass is 9.97. The lowest BCUT2D eigenvalue weighted by Crippen LogP contribution is -2.02. The number of aliphatic hydroxyl groups is 1. The minimum atomic E-state index is -0.688. The van der Waals surface area contributed by atoms with Gasteiger partial charge in [0.05, 0.1) is 11.0 Å². The third-order valence-corrected chi connectivity index (χ3v) is 4.20. The van der Waals surface area contributed by atoms with Gasteiger partial charge in [0.1, 0.15) is 11.9 Å². The van der Waals surface area contributed by atoms with Crippen LogP contribution in [0.2, 0.25) is 0 Å². The average molecular weight is 331 g/mol. The molecule has 0 saturated heterocycles. The number of ether oxygens (including phenoxy) is 1. The molecule has 1 atom stereocenters. The molecule has 2 aromatic heterocycles. The molecule has 0 radical (unpaired) electrons. The minimum absolute atomic E-state index is 0.413. The maximum Gasteiger partial charge on any atom is 0.300 e. The Morgan fingerprint density at radius 2 is 1.76 bits per heavy atom. The molecule has 0 aliphatic heterocycles. The first-order valence-corrected chi connectivity index (χ1v) is 8.02. The second-order valence-electron chi connectivity index (χ2n) is 5.82. The Morgan fingerprint density at radius 1 is 1.00 bits per heavy atom. The van der Waals surface area contributed by atoms with Gasteiger partial charge in [-0.05, 0) is 41.8 Å². The summed E-state index contributed by atoms with van der Waals surface area (Å²) in [5.74, 6) is 0.663. The fraction of sp³-hybridized carbons (Fsp3) is 0.100. The van der Waals surface area contributed by atoms with E-state index in [4.69, 9.17) is 4.74 Å². The van der Waals surface area contributed by atoms with Crippen molar-refractivity contribution in [2.75, 3.05) is 0 Å². The van der Waals surface area contributed by atoms with E-state index in [2.05, 4.69) is 15.0 Å². The smallest absolute Gasteiger partial charge is 0.300 e. The van der Waals surface area contributed by atoms with Crippen molar-refractivity contribution in [3.63, 3.8) is 0 Å². The van der Waals surface area contributed by atoms with E-state index in [1.165, 1.54) is 0 Å². The van der Waals surface area contributed by atoms with Crippen molar-refractivity contribution >= 4 is 11.0 Å². The summed E-state index contributed by atoms with van der Waals surface area (Å²) in [5, 5.41) is 10.7. The molecular formula is C20H17N3O2. The number of hydrogen-bond acceptors (Lipinski definition) is 4. The molecule has 0 aliphatic rings. The first-order valence-electron chi connectivity index (χ1n) is 8.02. The molecule has 2 heterocycles. The second-order valence-corrected chi connectivity index (χ2v) is 5.82. The molecule has 0 amide bonds. The van der Waals surface area contributed by atoms with Crippen LogP contribution in [0.25, 0.3) is 11.0 Å². The van der Waals surface area contributed by atoms with Crippen LogP contribution in [-0.2, 0) is 0 Å². The summed E-state index contributed by atoms with van der Waals surface area (Å²) < 4.78 is 5.73. The Morgan fingerprint density at radius 3 is 2.52 bits per heavy atom. The molecule has 25 heavy (non-hydrogen) atoms. The van der Waals surface area contributed by atoms with Crippen molar-refractivity contribution in [2.24, 2.45) is 0 Å². The number of nitrogens with zero attached hydrogens (tertiary/aromatic N) is 2. The number of fused-ring (bicyclic) bond motifs is 1. The summed E-state index contributed by atoms with van der Waals surface area (Å²) in [6.45, 7) is 1.96. The van der Waals surface area contributed by atoms with Gasteiger partial charge in [0.2, 0.25) is 0 Å². The van der Waals surface area contributed by atoms with Gasteiger partial charge in [-0.1, -0.05) is 36.4 Å². The summed E-state index contributed by atoms with van der Waals surface area (Å²) in [4.78, 5) is 11.7. The number of aromatic amines is 1. The number of hydrogen-bond donors (Lipinski definition) is 2. The highest BCUT2D eigenvalue weighted by Gasteiger charge is 2.16. The first-order chi connectivity index (χ1) is 12.2. The molecule has 1 unspecified atom stereocenters. The van der Waals surface area contributed by atoms with Crippen LogP contribution in [0, 0.1) is 6.92 Å². The molecule has 5 heteroatoms. The van der Waals surface area contributed by atoms with Crippen molar-refractivity contribution in [2.45, 2.75) is 13.0 Å². The van der Waals surface area contributed by atoms with Crippen LogP contribution in [0.15, 0.2) is 67.0 Å². The van der Waals surface area contributed by atoms with Gasteiger partial charge in [0.25, 0.3) is 6.01 Å². The molecule has 4 rings (SSSR count). The van der Waals surface area contributed by atoms with E-state index in [9.17, 15) is 5.11 Å². The van der Waals surface area contributed by atoms with Gasteiger partial charge in [-0.3, -0.25) is 4.98 Å². The molecule has 2 aromatic carbocycles. The molecule has 4 aromatic rings. The lowest BCUT2D eigenvalue weighted by molar-refractivity contribution is 0.219. The molecular weight excluding hydrogens is 314 g/mol. The fourth-order valence-corrected chi connectivity index (χ4v) is 2.88. The first kappa shape index (κ1) is 15.4. The second kappa shape index (κ2) is 6.37. The predicted molar refractivity (Wildman–Crippen MR) is 95.6 cm³/mol. The molecule has 5 nitrogen and oxygen atoms in total. The number of aliphatic hydroxyl groups excluding tert-OH is 1. The zero-order chi connectivity index (χ0) is 17.2. The number of aromatic nitrogens is 3. The van der Waals surface area contributed by atoms with Gasteiger partial charge in [-0.15, -0.1) is 0 Å². The topological polar surface area (TPSA) is 71.0 Å². The van der Waals surface area contributed by atoms with E-state index in [0.717, 1.165) is 27.7 Å². The SMILES string of the molecule is Cc1c(C(O)c2ccccc2)ccc2[nH]c(Oc3ccncc3)nc12. The van der Waals surface area contributed by atoms with Gasteiger partial charge in [0, 0.05) is 12.4 Å². The van der Waals surface area contributed by atoms with Crippen LogP contribution < -0.4 is 4.74 Å². The number of imidazole rings is 1. The van der Waals surface area contributed by atoms with Gasteiger partial charge in [-0.2, -0.15) is 4.98 Å². The zero-order valence-corrected chi connectivity index (χ0v) is 13.7. The van der Waals surface area contributed by atoms with Crippen molar-refractivity contribution in [1.29, 1.82) is 0 Å². The molecule has 0 fully saturated rings. The fourth-order valence-electron chi connectivity index (χ4n) is 2.88. The Hall–Kier alpha value is -3.18. The predicted octanol–water partition coefficient (Wildman–Crippen LogP) is 4.14. The van der Waals surface area contributed by atoms with Crippen LogP contribution in [-0.4, -0.2) is 20.1 Å². The highest BCUT2D eigenvalue weighted by molar-refractivity contribution is 5.81. The molecule has 0 bridgehead atoms. The van der Waals surface area contributed by atoms with Crippen molar-refractivity contribution in [3.05, 3.63) is 83.7 Å². The van der Waals surface area contributed by atoms with E-state index in [1.54, 1.807) is 24.5 Å². The summed E-state index contributed by atoms with van der Waals surface area (Å²) in [6, 6.07) is 17.4. The lowest BCUT2D eigenvalue weighted by Gasteiger charge is -2.14. The molecule has 2 N–H and O–H groups in total. The molecule has 0 saturated carbocycles. The van der Waals surface area contributed by atoms with Gasteiger partial charge in [-0.25, -0.2) is 0 Å². The monoisotopic (exact) mass is 331 g/mol. The van der Waals surface area contributed by atoms with E-state index in [1.807, 2.05) is 49.4 Å². The number of H-pyrrole nitrogens is 1. The van der Waals surface area contributed by atoms with E-state index < -0.39 is 6.10 Å². The summed E-state index contributed by atoms with van der Waals surface area (Å²) in [7, 11) is 0. The Bertz CT molecular complexity index is 998. The van der Waals surface area contributed by atoms with E-state index >= 15 is 0 Å². The average Bonchev–Trinajstić information content (AvgIpc) is 3.06. The number of aryl methyl sites for hydroxylation is 1. The van der Waals surface area contributed by atoms with Crippen LogP contribution in [0.4, 0.5) is 0 Å². The summed E-state index contributed by atoms with van der Waals surface area (Å²) >= 11 is 0. The van der Waals surface area contributed by atoms with Gasteiger partial charge < -0.3 is 14.8 Å². The van der Waals surface area contributed by atoms with Crippen LogP contribution in [0.3, 0.4) is 0 Å². The van der Waals surface area contributed by atoms with Crippen molar-refractivity contribution < 1.29 is 9.84 Å². The maximum absolute atomic E-state index is 10.7.